The minimum Gasteiger partial charge on any atom is -0.469 e. The van der Waals surface area contributed by atoms with Crippen molar-refractivity contribution in [3.8, 4) is 0 Å². The summed E-state index contributed by atoms with van der Waals surface area (Å²) in [6.07, 6.45) is 0.677. The SMILES string of the molecule is COC(=O)CCN(C(=O)Cc1ccccc1)[C@@H]1CCS(=O)(=O)C1. The van der Waals surface area contributed by atoms with Crippen LogP contribution < -0.4 is 0 Å². The highest BCUT2D eigenvalue weighted by molar-refractivity contribution is 7.91. The van der Waals surface area contributed by atoms with Crippen LogP contribution in [-0.4, -0.2) is 56.4 Å². The first kappa shape index (κ1) is 17.5. The summed E-state index contributed by atoms with van der Waals surface area (Å²) in [5.74, 6) is -0.523. The molecule has 0 aliphatic carbocycles. The highest BCUT2D eigenvalue weighted by Crippen LogP contribution is 2.19. The third-order valence-electron chi connectivity index (χ3n) is 3.95. The second-order valence-electron chi connectivity index (χ2n) is 5.63. The number of carbonyl (C=O) groups is 2. The molecule has 0 saturated carbocycles. The van der Waals surface area contributed by atoms with Gasteiger partial charge in [0.15, 0.2) is 9.84 Å². The van der Waals surface area contributed by atoms with Crippen LogP contribution in [0.4, 0.5) is 0 Å². The molecule has 1 aliphatic rings. The molecule has 0 bridgehead atoms. The summed E-state index contributed by atoms with van der Waals surface area (Å²) in [7, 11) is -1.81. The molecule has 0 aromatic heterocycles. The standard InChI is InChI=1S/C16H21NO5S/c1-22-16(19)7-9-17(14-8-10-23(20,21)12-14)15(18)11-13-5-3-2-4-6-13/h2-6,14H,7-12H2,1H3/t14-/m1/s1. The first-order valence-electron chi connectivity index (χ1n) is 7.52. The summed E-state index contributed by atoms with van der Waals surface area (Å²) in [4.78, 5) is 25.5. The number of amides is 1. The maximum Gasteiger partial charge on any atom is 0.307 e. The number of sulfone groups is 1. The van der Waals surface area contributed by atoms with Gasteiger partial charge < -0.3 is 9.64 Å². The van der Waals surface area contributed by atoms with Crippen LogP contribution >= 0.6 is 0 Å². The van der Waals surface area contributed by atoms with E-state index in [2.05, 4.69) is 4.74 Å². The van der Waals surface area contributed by atoms with E-state index in [9.17, 15) is 18.0 Å². The molecule has 23 heavy (non-hydrogen) atoms. The summed E-state index contributed by atoms with van der Waals surface area (Å²) in [5, 5.41) is 0. The number of benzene rings is 1. The van der Waals surface area contributed by atoms with Crippen molar-refractivity contribution in [1.29, 1.82) is 0 Å². The molecule has 2 rings (SSSR count). The topological polar surface area (TPSA) is 80.8 Å². The third kappa shape index (κ3) is 5.06. The lowest BCUT2D eigenvalue weighted by molar-refractivity contribution is -0.142. The second kappa shape index (κ2) is 7.59. The first-order chi connectivity index (χ1) is 10.9. The highest BCUT2D eigenvalue weighted by Gasteiger charge is 2.34. The predicted octanol–water partition coefficient (Wildman–Crippen LogP) is 0.808. The van der Waals surface area contributed by atoms with Crippen LogP contribution in [0.3, 0.4) is 0 Å². The van der Waals surface area contributed by atoms with Crippen molar-refractivity contribution in [2.75, 3.05) is 25.2 Å². The zero-order valence-electron chi connectivity index (χ0n) is 13.1. The van der Waals surface area contributed by atoms with Gasteiger partial charge in [0, 0.05) is 12.6 Å². The number of rotatable bonds is 6. The summed E-state index contributed by atoms with van der Waals surface area (Å²) in [6.45, 7) is 0.179. The van der Waals surface area contributed by atoms with Crippen LogP contribution in [0, 0.1) is 0 Å². The molecular weight excluding hydrogens is 318 g/mol. The Hall–Kier alpha value is -1.89. The number of hydrogen-bond donors (Lipinski definition) is 0. The second-order valence-corrected chi connectivity index (χ2v) is 7.86. The quantitative estimate of drug-likeness (QED) is 0.717. The van der Waals surface area contributed by atoms with Crippen molar-refractivity contribution >= 4 is 21.7 Å². The van der Waals surface area contributed by atoms with Gasteiger partial charge in [0.2, 0.25) is 5.91 Å². The van der Waals surface area contributed by atoms with E-state index >= 15 is 0 Å². The van der Waals surface area contributed by atoms with E-state index in [1.54, 1.807) is 0 Å². The molecule has 0 radical (unpaired) electrons. The maximum atomic E-state index is 12.6. The third-order valence-corrected chi connectivity index (χ3v) is 5.70. The average Bonchev–Trinajstić information content (AvgIpc) is 2.88. The molecule has 1 saturated heterocycles. The molecule has 1 aromatic rings. The van der Waals surface area contributed by atoms with E-state index in [1.807, 2.05) is 30.3 Å². The molecule has 1 atom stereocenters. The monoisotopic (exact) mass is 339 g/mol. The summed E-state index contributed by atoms with van der Waals surface area (Å²) >= 11 is 0. The van der Waals surface area contributed by atoms with E-state index in [0.717, 1.165) is 5.56 Å². The minimum absolute atomic E-state index is 0.0330. The Labute approximate surface area is 136 Å². The summed E-state index contributed by atoms with van der Waals surface area (Å²) in [5.41, 5.74) is 0.862. The van der Waals surface area contributed by atoms with Gasteiger partial charge in [-0.15, -0.1) is 0 Å². The van der Waals surface area contributed by atoms with Crippen LogP contribution in [0.15, 0.2) is 30.3 Å². The number of esters is 1. The maximum absolute atomic E-state index is 12.6. The molecule has 0 N–H and O–H groups in total. The van der Waals surface area contributed by atoms with Gasteiger partial charge in [-0.1, -0.05) is 30.3 Å². The van der Waals surface area contributed by atoms with Gasteiger partial charge in [0.1, 0.15) is 0 Å². The van der Waals surface area contributed by atoms with Crippen LogP contribution in [0.25, 0.3) is 0 Å². The van der Waals surface area contributed by atoms with Gasteiger partial charge >= 0.3 is 5.97 Å². The molecule has 6 nitrogen and oxygen atoms in total. The molecular formula is C16H21NO5S. The van der Waals surface area contributed by atoms with E-state index in [4.69, 9.17) is 0 Å². The van der Waals surface area contributed by atoms with Gasteiger partial charge in [-0.2, -0.15) is 0 Å². The van der Waals surface area contributed by atoms with Crippen molar-refractivity contribution in [2.45, 2.75) is 25.3 Å². The molecule has 0 spiro atoms. The lowest BCUT2D eigenvalue weighted by atomic mass is 10.1. The number of ether oxygens (including phenoxy) is 1. The predicted molar refractivity (Wildman–Crippen MR) is 85.6 cm³/mol. The van der Waals surface area contributed by atoms with Gasteiger partial charge in [0.05, 0.1) is 31.5 Å². The molecule has 126 valence electrons. The largest absolute Gasteiger partial charge is 0.469 e. The zero-order chi connectivity index (χ0) is 16.9. The lowest BCUT2D eigenvalue weighted by Gasteiger charge is -2.28. The Morgan fingerprint density at radius 3 is 2.52 bits per heavy atom. The van der Waals surface area contributed by atoms with Crippen molar-refractivity contribution < 1.29 is 22.7 Å². The number of methoxy groups -OCH3 is 1. The Bertz CT molecular complexity index is 656. The van der Waals surface area contributed by atoms with Crippen molar-refractivity contribution in [3.63, 3.8) is 0 Å². The molecule has 1 aromatic carbocycles. The molecule has 0 unspecified atom stereocenters. The molecule has 1 aliphatic heterocycles. The molecule has 1 heterocycles. The number of carbonyl (C=O) groups excluding carboxylic acids is 2. The first-order valence-corrected chi connectivity index (χ1v) is 9.34. The van der Waals surface area contributed by atoms with Crippen LogP contribution in [0.2, 0.25) is 0 Å². The normalized spacial score (nSPS) is 19.3. The Balaban J connectivity index is 2.09. The number of hydrogen-bond acceptors (Lipinski definition) is 5. The van der Waals surface area contributed by atoms with E-state index in [1.165, 1.54) is 12.0 Å². The average molecular weight is 339 g/mol. The fourth-order valence-electron chi connectivity index (χ4n) is 2.72. The fraction of sp³-hybridized carbons (Fsp3) is 0.500. The lowest BCUT2D eigenvalue weighted by Crippen LogP contribution is -2.43. The Morgan fingerprint density at radius 2 is 1.96 bits per heavy atom. The van der Waals surface area contributed by atoms with Gasteiger partial charge in [-0.25, -0.2) is 8.42 Å². The highest BCUT2D eigenvalue weighted by atomic mass is 32.2. The Morgan fingerprint density at radius 1 is 1.26 bits per heavy atom. The van der Waals surface area contributed by atoms with Crippen molar-refractivity contribution in [2.24, 2.45) is 0 Å². The minimum atomic E-state index is -3.10. The zero-order valence-corrected chi connectivity index (χ0v) is 13.9. The smallest absolute Gasteiger partial charge is 0.307 e. The van der Waals surface area contributed by atoms with Gasteiger partial charge in [-0.05, 0) is 12.0 Å². The fourth-order valence-corrected chi connectivity index (χ4v) is 4.45. The molecule has 1 amide bonds. The van der Waals surface area contributed by atoms with Gasteiger partial charge in [0.25, 0.3) is 0 Å². The van der Waals surface area contributed by atoms with Crippen LogP contribution in [-0.2, 0) is 30.6 Å². The summed E-state index contributed by atoms with van der Waals surface area (Å²) < 4.78 is 28.0. The van der Waals surface area contributed by atoms with E-state index in [0.29, 0.717) is 6.42 Å². The molecule has 7 heteroatoms. The Kier molecular flexibility index (Phi) is 5.76. The van der Waals surface area contributed by atoms with Crippen LogP contribution in [0.1, 0.15) is 18.4 Å². The van der Waals surface area contributed by atoms with E-state index in [-0.39, 0.29) is 42.8 Å². The van der Waals surface area contributed by atoms with Crippen LogP contribution in [0.5, 0.6) is 0 Å². The number of nitrogens with zero attached hydrogens (tertiary/aromatic N) is 1. The summed E-state index contributed by atoms with van der Waals surface area (Å²) in [6, 6.07) is 8.90. The van der Waals surface area contributed by atoms with Crippen molar-refractivity contribution in [1.82, 2.24) is 4.90 Å². The molecule has 1 fully saturated rings. The van der Waals surface area contributed by atoms with Gasteiger partial charge in [-0.3, -0.25) is 9.59 Å². The van der Waals surface area contributed by atoms with Crippen molar-refractivity contribution in [3.05, 3.63) is 35.9 Å². The van der Waals surface area contributed by atoms with E-state index < -0.39 is 15.8 Å².